The number of benzene rings is 1. The minimum atomic E-state index is -0.169. The molecule has 2 aromatic rings. The van der Waals surface area contributed by atoms with Crippen LogP contribution < -0.4 is 4.90 Å². The third-order valence-electron chi connectivity index (χ3n) is 6.48. The maximum absolute atomic E-state index is 13.1. The molecule has 1 aromatic carbocycles. The summed E-state index contributed by atoms with van der Waals surface area (Å²) in [6, 6.07) is 7.51. The predicted molar refractivity (Wildman–Crippen MR) is 106 cm³/mol. The summed E-state index contributed by atoms with van der Waals surface area (Å²) in [7, 11) is 2.02. The number of ether oxygens (including phenoxy) is 1. The van der Waals surface area contributed by atoms with E-state index in [0.717, 1.165) is 64.5 Å². The van der Waals surface area contributed by atoms with Crippen molar-refractivity contribution in [2.24, 2.45) is 7.05 Å². The van der Waals surface area contributed by atoms with E-state index in [1.54, 1.807) is 12.1 Å². The Labute approximate surface area is 165 Å². The first-order chi connectivity index (χ1) is 13.7. The molecule has 1 atom stereocenters. The Balaban J connectivity index is 1.10. The van der Waals surface area contributed by atoms with E-state index in [-0.39, 0.29) is 11.9 Å². The highest BCUT2D eigenvalue weighted by Crippen LogP contribution is 2.29. The van der Waals surface area contributed by atoms with Crippen LogP contribution in [0.25, 0.3) is 0 Å². The Kier molecular flexibility index (Phi) is 4.82. The van der Waals surface area contributed by atoms with Crippen molar-refractivity contribution in [2.45, 2.75) is 18.6 Å². The zero-order chi connectivity index (χ0) is 19.1. The molecule has 5 rings (SSSR count). The monoisotopic (exact) mass is 385 g/mol. The topological polar surface area (TPSA) is 36.8 Å². The van der Waals surface area contributed by atoms with Crippen LogP contribution in [0, 0.1) is 5.82 Å². The summed E-state index contributed by atoms with van der Waals surface area (Å²) < 4.78 is 21.1. The number of halogens is 1. The molecule has 3 aliphatic rings. The van der Waals surface area contributed by atoms with E-state index >= 15 is 0 Å². The third-order valence-corrected chi connectivity index (χ3v) is 6.48. The standard InChI is InChI=1S/C21H28FN5O/c1-24-20-6-11-28-21(19(20)12-23-24)15-25-13-18(14-25)27-9-7-26(8-10-27)17-4-2-16(22)3-5-17/h2-5,12,18,21H,6-11,13-15H2,1H3. The van der Waals surface area contributed by atoms with Crippen LogP contribution in [0.5, 0.6) is 0 Å². The van der Waals surface area contributed by atoms with Gasteiger partial charge in [0.1, 0.15) is 5.82 Å². The van der Waals surface area contributed by atoms with Gasteiger partial charge in [-0.25, -0.2) is 4.39 Å². The number of rotatable bonds is 4. The normalized spacial score (nSPS) is 24.2. The molecule has 3 aliphatic heterocycles. The van der Waals surface area contributed by atoms with Gasteiger partial charge in [-0.2, -0.15) is 5.10 Å². The number of hydrogen-bond donors (Lipinski definition) is 0. The Hall–Kier alpha value is -1.96. The molecule has 0 saturated carbocycles. The number of hydrogen-bond acceptors (Lipinski definition) is 5. The molecule has 0 aliphatic carbocycles. The summed E-state index contributed by atoms with van der Waals surface area (Å²) >= 11 is 0. The van der Waals surface area contributed by atoms with Gasteiger partial charge in [0.15, 0.2) is 0 Å². The molecule has 0 N–H and O–H groups in total. The molecule has 0 radical (unpaired) electrons. The fourth-order valence-corrected chi connectivity index (χ4v) is 4.75. The van der Waals surface area contributed by atoms with Crippen molar-refractivity contribution in [3.8, 4) is 0 Å². The van der Waals surface area contributed by atoms with Gasteiger partial charge in [0.05, 0.1) is 18.9 Å². The highest BCUT2D eigenvalue weighted by molar-refractivity contribution is 5.46. The van der Waals surface area contributed by atoms with Crippen molar-refractivity contribution in [1.82, 2.24) is 19.6 Å². The second kappa shape index (κ2) is 7.46. The number of aryl methyl sites for hydroxylation is 1. The predicted octanol–water partition coefficient (Wildman–Crippen LogP) is 1.68. The molecule has 28 heavy (non-hydrogen) atoms. The molecule has 2 saturated heterocycles. The maximum Gasteiger partial charge on any atom is 0.123 e. The average molecular weight is 385 g/mol. The largest absolute Gasteiger partial charge is 0.372 e. The molecule has 2 fully saturated rings. The van der Waals surface area contributed by atoms with E-state index in [9.17, 15) is 4.39 Å². The molecule has 6 nitrogen and oxygen atoms in total. The van der Waals surface area contributed by atoms with Gasteiger partial charge in [-0.1, -0.05) is 0 Å². The van der Waals surface area contributed by atoms with Crippen molar-refractivity contribution in [1.29, 1.82) is 0 Å². The van der Waals surface area contributed by atoms with E-state index < -0.39 is 0 Å². The van der Waals surface area contributed by atoms with Crippen molar-refractivity contribution in [3.05, 3.63) is 47.5 Å². The zero-order valence-electron chi connectivity index (χ0n) is 16.4. The molecule has 0 amide bonds. The van der Waals surface area contributed by atoms with Gasteiger partial charge in [0, 0.05) is 82.3 Å². The first kappa shape index (κ1) is 18.1. The minimum absolute atomic E-state index is 0.161. The van der Waals surface area contributed by atoms with Gasteiger partial charge < -0.3 is 9.64 Å². The number of likely N-dealkylation sites (tertiary alicyclic amines) is 1. The molecular formula is C21H28FN5O. The van der Waals surface area contributed by atoms with Crippen LogP contribution >= 0.6 is 0 Å². The van der Waals surface area contributed by atoms with Gasteiger partial charge in [-0.15, -0.1) is 0 Å². The molecule has 1 aromatic heterocycles. The highest BCUT2D eigenvalue weighted by Gasteiger charge is 2.36. The summed E-state index contributed by atoms with van der Waals surface area (Å²) in [6.45, 7) is 8.15. The number of nitrogens with zero attached hydrogens (tertiary/aromatic N) is 5. The lowest BCUT2D eigenvalue weighted by Gasteiger charge is -2.49. The van der Waals surface area contributed by atoms with Crippen LogP contribution in [0.3, 0.4) is 0 Å². The summed E-state index contributed by atoms with van der Waals surface area (Å²) in [4.78, 5) is 7.46. The van der Waals surface area contributed by atoms with E-state index in [1.165, 1.54) is 11.3 Å². The minimum Gasteiger partial charge on any atom is -0.372 e. The number of aromatic nitrogens is 2. The first-order valence-corrected chi connectivity index (χ1v) is 10.3. The van der Waals surface area contributed by atoms with Crippen LogP contribution in [0.4, 0.5) is 10.1 Å². The summed E-state index contributed by atoms with van der Waals surface area (Å²) in [5, 5.41) is 4.41. The maximum atomic E-state index is 13.1. The Morgan fingerprint density at radius 2 is 1.86 bits per heavy atom. The zero-order valence-corrected chi connectivity index (χ0v) is 16.4. The van der Waals surface area contributed by atoms with Crippen molar-refractivity contribution >= 4 is 5.69 Å². The lowest BCUT2D eigenvalue weighted by molar-refractivity contribution is -0.0310. The second-order valence-corrected chi connectivity index (χ2v) is 8.15. The molecule has 0 bridgehead atoms. The summed E-state index contributed by atoms with van der Waals surface area (Å²) in [5.74, 6) is -0.169. The van der Waals surface area contributed by atoms with E-state index in [2.05, 4.69) is 19.8 Å². The van der Waals surface area contributed by atoms with E-state index in [1.807, 2.05) is 30.1 Å². The number of anilines is 1. The van der Waals surface area contributed by atoms with Gasteiger partial charge in [0.2, 0.25) is 0 Å². The molecule has 7 heteroatoms. The van der Waals surface area contributed by atoms with Crippen LogP contribution in [0.15, 0.2) is 30.5 Å². The molecular weight excluding hydrogens is 357 g/mol. The second-order valence-electron chi connectivity index (χ2n) is 8.15. The highest BCUT2D eigenvalue weighted by atomic mass is 19.1. The lowest BCUT2D eigenvalue weighted by atomic mass is 10.0. The summed E-state index contributed by atoms with van der Waals surface area (Å²) in [5.41, 5.74) is 3.72. The van der Waals surface area contributed by atoms with Gasteiger partial charge in [0.25, 0.3) is 0 Å². The Bertz CT molecular complexity index is 809. The number of piperazine rings is 1. The molecule has 1 unspecified atom stereocenters. The number of fused-ring (bicyclic) bond motifs is 1. The fraction of sp³-hybridized carbons (Fsp3) is 0.571. The fourth-order valence-electron chi connectivity index (χ4n) is 4.75. The average Bonchev–Trinajstić information content (AvgIpc) is 3.07. The van der Waals surface area contributed by atoms with E-state index in [0.29, 0.717) is 6.04 Å². The van der Waals surface area contributed by atoms with Crippen molar-refractivity contribution < 1.29 is 9.13 Å². The van der Waals surface area contributed by atoms with Crippen LogP contribution in [0.2, 0.25) is 0 Å². The first-order valence-electron chi connectivity index (χ1n) is 10.3. The third kappa shape index (κ3) is 3.43. The van der Waals surface area contributed by atoms with Gasteiger partial charge >= 0.3 is 0 Å². The SMILES string of the molecule is Cn1ncc2c1CCOC2CN1CC(N2CCN(c3ccc(F)cc3)CC2)C1. The lowest BCUT2D eigenvalue weighted by Crippen LogP contribution is -2.63. The summed E-state index contributed by atoms with van der Waals surface area (Å²) in [6.07, 6.45) is 3.10. The van der Waals surface area contributed by atoms with Gasteiger partial charge in [-0.3, -0.25) is 14.5 Å². The quantitative estimate of drug-likeness (QED) is 0.801. The smallest absolute Gasteiger partial charge is 0.123 e. The van der Waals surface area contributed by atoms with Crippen LogP contribution in [-0.4, -0.2) is 78.0 Å². The Morgan fingerprint density at radius 3 is 2.61 bits per heavy atom. The van der Waals surface area contributed by atoms with Crippen LogP contribution in [-0.2, 0) is 18.2 Å². The van der Waals surface area contributed by atoms with E-state index in [4.69, 9.17) is 4.74 Å². The molecule has 150 valence electrons. The van der Waals surface area contributed by atoms with Crippen molar-refractivity contribution in [3.63, 3.8) is 0 Å². The van der Waals surface area contributed by atoms with Gasteiger partial charge in [-0.05, 0) is 24.3 Å². The van der Waals surface area contributed by atoms with Crippen molar-refractivity contribution in [2.75, 3.05) is 57.3 Å². The Morgan fingerprint density at radius 1 is 1.11 bits per heavy atom. The molecule has 0 spiro atoms. The molecule has 4 heterocycles. The van der Waals surface area contributed by atoms with Crippen LogP contribution in [0.1, 0.15) is 17.4 Å².